The lowest BCUT2D eigenvalue weighted by molar-refractivity contribution is -0.113. The van der Waals surface area contributed by atoms with Gasteiger partial charge >= 0.3 is 0 Å². The van der Waals surface area contributed by atoms with Gasteiger partial charge < -0.3 is 14.8 Å². The van der Waals surface area contributed by atoms with Gasteiger partial charge in [0, 0.05) is 16.3 Å². The Morgan fingerprint density at radius 2 is 2.00 bits per heavy atom. The number of nitriles is 2. The predicted octanol–water partition coefficient (Wildman–Crippen LogP) is 4.12. The highest BCUT2D eigenvalue weighted by Crippen LogP contribution is 2.37. The topological polar surface area (TPSA) is 108 Å². The Bertz CT molecular complexity index is 1240. The van der Waals surface area contributed by atoms with Crippen LogP contribution in [0.3, 0.4) is 0 Å². The van der Waals surface area contributed by atoms with Crippen molar-refractivity contribution in [3.63, 3.8) is 0 Å². The molecule has 0 atom stereocenters. The highest BCUT2D eigenvalue weighted by molar-refractivity contribution is 8.00. The molecule has 144 valence electrons. The second kappa shape index (κ2) is 7.63. The molecule has 2 aromatic heterocycles. The lowest BCUT2D eigenvalue weighted by atomic mass is 10.1. The summed E-state index contributed by atoms with van der Waals surface area (Å²) < 4.78 is 10.7. The molecule has 9 heteroatoms. The normalized spacial score (nSPS) is 11.9. The fourth-order valence-corrected chi connectivity index (χ4v) is 4.67. The maximum atomic E-state index is 12.4. The number of hydrogen-bond donors (Lipinski definition) is 1. The molecular weight excluding hydrogens is 408 g/mol. The first-order valence-electron chi connectivity index (χ1n) is 8.57. The number of hydrogen-bond acceptors (Lipinski definition) is 8. The van der Waals surface area contributed by atoms with Crippen molar-refractivity contribution in [3.8, 4) is 23.6 Å². The van der Waals surface area contributed by atoms with Gasteiger partial charge in [-0.05, 0) is 31.5 Å². The Labute approximate surface area is 174 Å². The molecule has 0 fully saturated rings. The van der Waals surface area contributed by atoms with Crippen LogP contribution in [0.4, 0.5) is 5.00 Å². The van der Waals surface area contributed by atoms with Gasteiger partial charge in [0.15, 0.2) is 11.5 Å². The number of carbonyl (C=O) groups excluding carboxylic acids is 1. The number of fused-ring (bicyclic) bond motifs is 2. The van der Waals surface area contributed by atoms with E-state index in [1.165, 1.54) is 23.1 Å². The molecule has 0 aliphatic carbocycles. The van der Waals surface area contributed by atoms with Crippen LogP contribution in [0, 0.1) is 36.5 Å². The zero-order valence-electron chi connectivity index (χ0n) is 15.5. The van der Waals surface area contributed by atoms with Gasteiger partial charge in [-0.25, -0.2) is 4.98 Å². The van der Waals surface area contributed by atoms with E-state index in [1.807, 2.05) is 13.8 Å². The molecule has 7 nitrogen and oxygen atoms in total. The highest BCUT2D eigenvalue weighted by atomic mass is 32.2. The Hall–Kier alpha value is -3.27. The smallest absolute Gasteiger partial charge is 0.235 e. The summed E-state index contributed by atoms with van der Waals surface area (Å²) in [7, 11) is 0. The van der Waals surface area contributed by atoms with E-state index in [0.717, 1.165) is 15.8 Å². The van der Waals surface area contributed by atoms with Crippen LogP contribution in [-0.2, 0) is 4.79 Å². The standard InChI is InChI=1S/C20H14N4O3S2/c1-10-11(2)29-20(14(10)7-22)24-18(25)8-28-19-13(6-21)3-12-4-16-17(27-9-26-16)5-15(12)23-19/h3-5H,8-9H2,1-2H3,(H,24,25). The first-order valence-corrected chi connectivity index (χ1v) is 10.4. The number of ether oxygens (including phenoxy) is 2. The zero-order chi connectivity index (χ0) is 20.5. The average Bonchev–Trinajstić information content (AvgIpc) is 3.27. The molecule has 0 unspecified atom stereocenters. The molecule has 0 bridgehead atoms. The minimum atomic E-state index is -0.260. The van der Waals surface area contributed by atoms with E-state index in [-0.39, 0.29) is 18.5 Å². The number of pyridine rings is 1. The number of benzene rings is 1. The van der Waals surface area contributed by atoms with Crippen LogP contribution < -0.4 is 14.8 Å². The average molecular weight is 422 g/mol. The van der Waals surface area contributed by atoms with Crippen molar-refractivity contribution >= 4 is 44.9 Å². The van der Waals surface area contributed by atoms with Gasteiger partial charge in [-0.15, -0.1) is 11.3 Å². The van der Waals surface area contributed by atoms with E-state index in [2.05, 4.69) is 22.4 Å². The lowest BCUT2D eigenvalue weighted by Crippen LogP contribution is -2.14. The number of anilines is 1. The third kappa shape index (κ3) is 3.58. The first-order chi connectivity index (χ1) is 14.0. The number of aromatic nitrogens is 1. The van der Waals surface area contributed by atoms with Crippen molar-refractivity contribution in [1.29, 1.82) is 10.5 Å². The molecule has 4 rings (SSSR count). The van der Waals surface area contributed by atoms with Gasteiger partial charge in [-0.2, -0.15) is 10.5 Å². The summed E-state index contributed by atoms with van der Waals surface area (Å²) in [6.45, 7) is 3.93. The van der Waals surface area contributed by atoms with Gasteiger partial charge in [0.2, 0.25) is 12.7 Å². The van der Waals surface area contributed by atoms with E-state index >= 15 is 0 Å². The Morgan fingerprint density at radius 3 is 2.72 bits per heavy atom. The first kappa shape index (κ1) is 19.1. The maximum Gasteiger partial charge on any atom is 0.235 e. The molecule has 1 aliphatic heterocycles. The summed E-state index contributed by atoms with van der Waals surface area (Å²) in [5, 5.41) is 23.4. The number of thioether (sulfide) groups is 1. The van der Waals surface area contributed by atoms with Crippen LogP contribution in [0.25, 0.3) is 10.9 Å². The maximum absolute atomic E-state index is 12.4. The number of rotatable bonds is 4. The summed E-state index contributed by atoms with van der Waals surface area (Å²) >= 11 is 2.55. The molecule has 3 heterocycles. The van der Waals surface area contributed by atoms with Crippen molar-refractivity contribution in [2.75, 3.05) is 17.9 Å². The molecule has 0 spiro atoms. The second-order valence-electron chi connectivity index (χ2n) is 6.29. The molecule has 1 aromatic carbocycles. The third-order valence-corrected chi connectivity index (χ3v) is 6.60. The number of aryl methyl sites for hydroxylation is 1. The van der Waals surface area contributed by atoms with Crippen molar-refractivity contribution in [3.05, 3.63) is 39.8 Å². The lowest BCUT2D eigenvalue weighted by Gasteiger charge is -2.07. The van der Waals surface area contributed by atoms with Gasteiger partial charge in [0.05, 0.1) is 22.4 Å². The molecule has 0 radical (unpaired) electrons. The molecular formula is C20H14N4O3S2. The van der Waals surface area contributed by atoms with Crippen LogP contribution in [0.2, 0.25) is 0 Å². The summed E-state index contributed by atoms with van der Waals surface area (Å²) in [6.07, 6.45) is 0. The number of carbonyl (C=O) groups is 1. The largest absolute Gasteiger partial charge is 0.454 e. The zero-order valence-corrected chi connectivity index (χ0v) is 17.2. The monoisotopic (exact) mass is 422 g/mol. The molecule has 0 saturated carbocycles. The Kier molecular flexibility index (Phi) is 5.01. The van der Waals surface area contributed by atoms with Crippen molar-refractivity contribution in [2.24, 2.45) is 0 Å². The Balaban J connectivity index is 1.54. The van der Waals surface area contributed by atoms with Crippen molar-refractivity contribution in [1.82, 2.24) is 4.98 Å². The highest BCUT2D eigenvalue weighted by Gasteiger charge is 2.18. The third-order valence-electron chi connectivity index (χ3n) is 4.48. The van der Waals surface area contributed by atoms with E-state index in [1.54, 1.807) is 18.2 Å². The number of nitrogens with zero attached hydrogens (tertiary/aromatic N) is 3. The van der Waals surface area contributed by atoms with Crippen molar-refractivity contribution in [2.45, 2.75) is 18.9 Å². The summed E-state index contributed by atoms with van der Waals surface area (Å²) in [5.74, 6) is 1.04. The second-order valence-corrected chi connectivity index (χ2v) is 8.48. The fourth-order valence-electron chi connectivity index (χ4n) is 2.88. The van der Waals surface area contributed by atoms with E-state index < -0.39 is 0 Å². The predicted molar refractivity (Wildman–Crippen MR) is 110 cm³/mol. The molecule has 3 aromatic rings. The van der Waals surface area contributed by atoms with Gasteiger partial charge in [0.25, 0.3) is 0 Å². The minimum Gasteiger partial charge on any atom is -0.454 e. The summed E-state index contributed by atoms with van der Waals surface area (Å²) in [5.41, 5.74) is 2.41. The molecule has 29 heavy (non-hydrogen) atoms. The van der Waals surface area contributed by atoms with Crippen LogP contribution in [-0.4, -0.2) is 23.4 Å². The summed E-state index contributed by atoms with van der Waals surface area (Å²) in [4.78, 5) is 17.9. The number of thiophene rings is 1. The molecule has 1 aliphatic rings. The van der Waals surface area contributed by atoms with Crippen LogP contribution >= 0.6 is 23.1 Å². The van der Waals surface area contributed by atoms with Crippen LogP contribution in [0.1, 0.15) is 21.6 Å². The SMILES string of the molecule is Cc1sc(NC(=O)CSc2nc3cc4c(cc3cc2C#N)OCO4)c(C#N)c1C. The molecule has 1 N–H and O–H groups in total. The molecule has 0 saturated heterocycles. The minimum absolute atomic E-state index is 0.0681. The van der Waals surface area contributed by atoms with E-state index in [4.69, 9.17) is 9.47 Å². The van der Waals surface area contributed by atoms with E-state index in [0.29, 0.717) is 38.2 Å². The van der Waals surface area contributed by atoms with Crippen molar-refractivity contribution < 1.29 is 14.3 Å². The fraction of sp³-hybridized carbons (Fsp3) is 0.200. The van der Waals surface area contributed by atoms with Gasteiger partial charge in [0.1, 0.15) is 22.2 Å². The Morgan fingerprint density at radius 1 is 1.24 bits per heavy atom. The van der Waals surface area contributed by atoms with E-state index in [9.17, 15) is 15.3 Å². The number of amides is 1. The summed E-state index contributed by atoms with van der Waals surface area (Å²) in [6, 6.07) is 9.54. The van der Waals surface area contributed by atoms with Gasteiger partial charge in [-0.3, -0.25) is 4.79 Å². The van der Waals surface area contributed by atoms with Gasteiger partial charge in [-0.1, -0.05) is 11.8 Å². The number of nitrogens with one attached hydrogen (secondary N) is 1. The quantitative estimate of drug-likeness (QED) is 0.630. The van der Waals surface area contributed by atoms with Crippen LogP contribution in [0.5, 0.6) is 11.5 Å². The molecule has 1 amide bonds. The van der Waals surface area contributed by atoms with Crippen LogP contribution in [0.15, 0.2) is 23.2 Å².